The van der Waals surface area contributed by atoms with Crippen molar-refractivity contribution in [3.05, 3.63) is 11.6 Å². The molecule has 1 N–H and O–H groups in total. The smallest absolute Gasteiger partial charge is 0.322 e. The van der Waals surface area contributed by atoms with Crippen LogP contribution >= 0.6 is 11.8 Å². The number of rotatable bonds is 3. The lowest BCUT2D eigenvalue weighted by Gasteiger charge is -2.20. The summed E-state index contributed by atoms with van der Waals surface area (Å²) in [6, 6.07) is -0.191. The molecule has 2 saturated heterocycles. The molecule has 0 aromatic carbocycles. The Balaban J connectivity index is 1.63. The van der Waals surface area contributed by atoms with Crippen molar-refractivity contribution in [3.8, 4) is 0 Å². The Bertz CT molecular complexity index is 427. The van der Waals surface area contributed by atoms with Gasteiger partial charge in [-0.25, -0.2) is 4.79 Å². The molecule has 19 heavy (non-hydrogen) atoms. The van der Waals surface area contributed by atoms with Gasteiger partial charge in [-0.2, -0.15) is 11.8 Å². The van der Waals surface area contributed by atoms with Gasteiger partial charge in [0.15, 0.2) is 0 Å². The molecule has 4 nitrogen and oxygen atoms in total. The van der Waals surface area contributed by atoms with Crippen LogP contribution in [0.1, 0.15) is 38.5 Å². The van der Waals surface area contributed by atoms with Gasteiger partial charge in [0.05, 0.1) is 0 Å². The maximum atomic E-state index is 12.4. The summed E-state index contributed by atoms with van der Waals surface area (Å²) >= 11 is 1.75. The molecule has 2 aliphatic heterocycles. The lowest BCUT2D eigenvalue weighted by molar-refractivity contribution is -0.130. The molecule has 2 heterocycles. The van der Waals surface area contributed by atoms with Gasteiger partial charge in [-0.15, -0.1) is 0 Å². The number of carbonyl (C=O) groups is 2. The van der Waals surface area contributed by atoms with Gasteiger partial charge >= 0.3 is 6.03 Å². The van der Waals surface area contributed by atoms with Crippen molar-refractivity contribution >= 4 is 23.7 Å². The van der Waals surface area contributed by atoms with Gasteiger partial charge in [0.1, 0.15) is 5.54 Å². The largest absolute Gasteiger partial charge is 0.325 e. The van der Waals surface area contributed by atoms with Gasteiger partial charge in [-0.1, -0.05) is 11.6 Å². The first kappa shape index (κ1) is 13.0. The first-order valence-electron chi connectivity index (χ1n) is 7.11. The van der Waals surface area contributed by atoms with Crippen LogP contribution in [0.3, 0.4) is 0 Å². The Morgan fingerprint density at radius 2 is 2.26 bits per heavy atom. The standard InChI is InChI=1S/C14H20N2O2S/c17-12-14(7-9-19-10-14)15-13(18)16(12)8-6-11-4-2-1-3-5-11/h4H,1-3,5-10H2,(H,15,18)/t14-/m0/s1. The SMILES string of the molecule is O=C1N[C@]2(CCSC2)C(=O)N1CCC1=CCCCC1. The summed E-state index contributed by atoms with van der Waals surface area (Å²) in [5, 5.41) is 2.91. The van der Waals surface area contributed by atoms with Crippen LogP contribution in [0.2, 0.25) is 0 Å². The van der Waals surface area contributed by atoms with E-state index in [0.717, 1.165) is 37.2 Å². The predicted octanol–water partition coefficient (Wildman–Crippen LogP) is 2.30. The van der Waals surface area contributed by atoms with Crippen molar-refractivity contribution in [2.75, 3.05) is 18.1 Å². The maximum Gasteiger partial charge on any atom is 0.325 e. The average molecular weight is 280 g/mol. The van der Waals surface area contributed by atoms with Gasteiger partial charge in [0.2, 0.25) is 0 Å². The molecular formula is C14H20N2O2S. The van der Waals surface area contributed by atoms with E-state index in [1.165, 1.54) is 23.3 Å². The lowest BCUT2D eigenvalue weighted by Crippen LogP contribution is -2.47. The van der Waals surface area contributed by atoms with E-state index >= 15 is 0 Å². The highest BCUT2D eigenvalue weighted by Crippen LogP contribution is 2.33. The number of hydrogen-bond donors (Lipinski definition) is 1. The third-order valence-electron chi connectivity index (χ3n) is 4.31. The Morgan fingerprint density at radius 1 is 1.37 bits per heavy atom. The number of allylic oxidation sites excluding steroid dienone is 1. The van der Waals surface area contributed by atoms with E-state index in [1.54, 1.807) is 11.8 Å². The van der Waals surface area contributed by atoms with Crippen molar-refractivity contribution in [2.45, 2.75) is 44.1 Å². The molecule has 2 fully saturated rings. The number of thioether (sulfide) groups is 1. The van der Waals surface area contributed by atoms with Crippen molar-refractivity contribution in [1.82, 2.24) is 10.2 Å². The van der Waals surface area contributed by atoms with Gasteiger partial charge in [-0.05, 0) is 44.3 Å². The topological polar surface area (TPSA) is 49.4 Å². The van der Waals surface area contributed by atoms with Gasteiger partial charge in [0.25, 0.3) is 5.91 Å². The third-order valence-corrected chi connectivity index (χ3v) is 5.50. The fourth-order valence-corrected chi connectivity index (χ4v) is 4.42. The van der Waals surface area contributed by atoms with Gasteiger partial charge in [-0.3, -0.25) is 9.69 Å². The molecule has 0 aromatic rings. The Labute approximate surface area is 118 Å². The molecule has 3 rings (SSSR count). The summed E-state index contributed by atoms with van der Waals surface area (Å²) in [5.74, 6) is 1.70. The second-order valence-corrected chi connectivity index (χ2v) is 6.73. The first-order valence-corrected chi connectivity index (χ1v) is 8.26. The summed E-state index contributed by atoms with van der Waals surface area (Å²) in [4.78, 5) is 25.8. The van der Waals surface area contributed by atoms with E-state index in [9.17, 15) is 9.59 Å². The summed E-state index contributed by atoms with van der Waals surface area (Å²) in [6.45, 7) is 0.545. The van der Waals surface area contributed by atoms with E-state index in [4.69, 9.17) is 0 Å². The Kier molecular flexibility index (Phi) is 3.56. The van der Waals surface area contributed by atoms with Crippen LogP contribution in [0, 0.1) is 0 Å². The number of nitrogens with zero attached hydrogens (tertiary/aromatic N) is 1. The normalized spacial score (nSPS) is 30.9. The fourth-order valence-electron chi connectivity index (χ4n) is 3.10. The van der Waals surface area contributed by atoms with Crippen LogP contribution in [0.5, 0.6) is 0 Å². The molecule has 0 saturated carbocycles. The quantitative estimate of drug-likeness (QED) is 0.637. The molecule has 0 radical (unpaired) electrons. The van der Waals surface area contributed by atoms with E-state index in [1.807, 2.05) is 0 Å². The molecule has 0 unspecified atom stereocenters. The maximum absolute atomic E-state index is 12.4. The fraction of sp³-hybridized carbons (Fsp3) is 0.714. The molecule has 1 aliphatic carbocycles. The van der Waals surface area contributed by atoms with Crippen LogP contribution in [-0.4, -0.2) is 40.4 Å². The minimum Gasteiger partial charge on any atom is -0.322 e. The van der Waals surface area contributed by atoms with Crippen molar-refractivity contribution in [1.29, 1.82) is 0 Å². The second kappa shape index (κ2) is 5.19. The molecule has 3 amide bonds. The summed E-state index contributed by atoms with van der Waals surface area (Å²) in [7, 11) is 0. The van der Waals surface area contributed by atoms with E-state index < -0.39 is 5.54 Å². The highest BCUT2D eigenvalue weighted by atomic mass is 32.2. The third kappa shape index (κ3) is 2.40. The van der Waals surface area contributed by atoms with Crippen LogP contribution in [-0.2, 0) is 4.79 Å². The Morgan fingerprint density at radius 3 is 2.95 bits per heavy atom. The zero-order valence-electron chi connectivity index (χ0n) is 11.1. The number of hydrogen-bond acceptors (Lipinski definition) is 3. The first-order chi connectivity index (χ1) is 9.21. The number of urea groups is 1. The Hall–Kier alpha value is -0.970. The number of carbonyl (C=O) groups excluding carboxylic acids is 2. The summed E-state index contributed by atoms with van der Waals surface area (Å²) < 4.78 is 0. The second-order valence-electron chi connectivity index (χ2n) is 5.63. The molecular weight excluding hydrogens is 260 g/mol. The minimum absolute atomic E-state index is 0.00101. The average Bonchev–Trinajstić information content (AvgIpc) is 2.97. The lowest BCUT2D eigenvalue weighted by atomic mass is 9.96. The molecule has 0 aromatic heterocycles. The zero-order chi connectivity index (χ0) is 13.3. The van der Waals surface area contributed by atoms with Gasteiger partial charge < -0.3 is 5.32 Å². The highest BCUT2D eigenvalue weighted by Gasteiger charge is 2.52. The monoisotopic (exact) mass is 280 g/mol. The zero-order valence-corrected chi connectivity index (χ0v) is 11.9. The van der Waals surface area contributed by atoms with E-state index in [2.05, 4.69) is 11.4 Å². The molecule has 1 spiro atoms. The van der Waals surface area contributed by atoms with Crippen molar-refractivity contribution in [3.63, 3.8) is 0 Å². The number of imide groups is 1. The van der Waals surface area contributed by atoms with Crippen LogP contribution in [0.4, 0.5) is 4.79 Å². The minimum atomic E-state index is -0.581. The summed E-state index contributed by atoms with van der Waals surface area (Å²) in [6.07, 6.45) is 8.70. The highest BCUT2D eigenvalue weighted by molar-refractivity contribution is 7.99. The van der Waals surface area contributed by atoms with Crippen LogP contribution in [0.25, 0.3) is 0 Å². The number of amides is 3. The van der Waals surface area contributed by atoms with E-state index in [-0.39, 0.29) is 11.9 Å². The van der Waals surface area contributed by atoms with E-state index in [0.29, 0.717) is 6.54 Å². The molecule has 5 heteroatoms. The van der Waals surface area contributed by atoms with Crippen LogP contribution < -0.4 is 5.32 Å². The number of nitrogens with one attached hydrogen (secondary N) is 1. The predicted molar refractivity (Wildman–Crippen MR) is 76.1 cm³/mol. The molecule has 1 atom stereocenters. The molecule has 104 valence electrons. The van der Waals surface area contributed by atoms with Crippen molar-refractivity contribution < 1.29 is 9.59 Å². The van der Waals surface area contributed by atoms with Gasteiger partial charge in [0, 0.05) is 12.3 Å². The molecule has 3 aliphatic rings. The van der Waals surface area contributed by atoms with Crippen molar-refractivity contribution in [2.24, 2.45) is 0 Å². The summed E-state index contributed by atoms with van der Waals surface area (Å²) in [5.41, 5.74) is 0.830. The van der Waals surface area contributed by atoms with Crippen LogP contribution in [0.15, 0.2) is 11.6 Å². The molecule has 0 bridgehead atoms.